The van der Waals surface area contributed by atoms with E-state index in [1.54, 1.807) is 11.3 Å². The molecule has 3 fully saturated rings. The highest BCUT2D eigenvalue weighted by molar-refractivity contribution is 7.09. The van der Waals surface area contributed by atoms with Crippen molar-refractivity contribution in [2.75, 3.05) is 6.61 Å². The molecule has 1 aromatic heterocycles. The van der Waals surface area contributed by atoms with Crippen molar-refractivity contribution in [1.82, 2.24) is 0 Å². The van der Waals surface area contributed by atoms with Crippen LogP contribution >= 0.6 is 11.3 Å². The third-order valence-corrected chi connectivity index (χ3v) is 4.30. The minimum Gasteiger partial charge on any atom is -0.404 e. The Kier molecular flexibility index (Phi) is 2.77. The Labute approximate surface area is 115 Å². The summed E-state index contributed by atoms with van der Waals surface area (Å²) >= 11 is 1.63. The van der Waals surface area contributed by atoms with E-state index in [-0.39, 0.29) is 31.7 Å². The highest BCUT2D eigenvalue weighted by Crippen LogP contribution is 2.40. The van der Waals surface area contributed by atoms with Crippen LogP contribution in [0.25, 0.3) is 0 Å². The molecule has 4 heterocycles. The topological polar surface area (TPSA) is 46.2 Å². The van der Waals surface area contributed by atoms with E-state index >= 15 is 0 Å². The molecule has 0 saturated carbocycles. The van der Waals surface area contributed by atoms with Gasteiger partial charge in [-0.2, -0.15) is 11.3 Å². The van der Waals surface area contributed by atoms with Gasteiger partial charge in [0.05, 0.1) is 6.61 Å². The van der Waals surface area contributed by atoms with Crippen molar-refractivity contribution in [1.29, 1.82) is 0 Å². The van der Waals surface area contributed by atoms with E-state index in [1.165, 1.54) is 0 Å². The minimum absolute atomic E-state index is 0.110. The van der Waals surface area contributed by atoms with Gasteiger partial charge < -0.3 is 23.5 Å². The number of ether oxygens (including phenoxy) is 3. The maximum absolute atomic E-state index is 6.02. The van der Waals surface area contributed by atoms with Crippen molar-refractivity contribution in [2.24, 2.45) is 0 Å². The van der Waals surface area contributed by atoms with Crippen molar-refractivity contribution >= 4 is 23.9 Å². The first-order valence-electron chi connectivity index (χ1n) is 6.43. The second kappa shape index (κ2) is 4.28. The first-order valence-corrected chi connectivity index (χ1v) is 7.37. The van der Waals surface area contributed by atoms with Gasteiger partial charge in [-0.1, -0.05) is 6.07 Å². The largest absolute Gasteiger partial charge is 0.495 e. The Morgan fingerprint density at radius 3 is 3.00 bits per heavy atom. The van der Waals surface area contributed by atoms with Gasteiger partial charge in [-0.3, -0.25) is 0 Å². The molecule has 0 radical (unpaired) electrons. The van der Waals surface area contributed by atoms with Crippen molar-refractivity contribution in [3.05, 3.63) is 16.8 Å². The van der Waals surface area contributed by atoms with Gasteiger partial charge in [-0.05, 0) is 30.1 Å². The zero-order chi connectivity index (χ0) is 13.0. The molecule has 0 unspecified atom stereocenters. The van der Waals surface area contributed by atoms with Gasteiger partial charge in [-0.15, -0.1) is 0 Å². The van der Waals surface area contributed by atoms with Crippen LogP contribution in [0.2, 0.25) is 0 Å². The van der Waals surface area contributed by atoms with Crippen molar-refractivity contribution in [3.63, 3.8) is 0 Å². The van der Waals surface area contributed by atoms with E-state index in [1.807, 2.05) is 30.7 Å². The molecule has 3 aliphatic heterocycles. The molecule has 0 amide bonds. The molecule has 1 aromatic rings. The molecule has 4 rings (SSSR count). The third-order valence-electron chi connectivity index (χ3n) is 3.60. The fraction of sp³-hybridized carbons (Fsp3) is 0.667. The molecule has 102 valence electrons. The summed E-state index contributed by atoms with van der Waals surface area (Å²) < 4.78 is 29.1. The third kappa shape index (κ3) is 2.05. The summed E-state index contributed by atoms with van der Waals surface area (Å²) in [5, 5.41) is 4.05. The lowest BCUT2D eigenvalue weighted by Gasteiger charge is -2.32. The van der Waals surface area contributed by atoms with Gasteiger partial charge in [0.1, 0.15) is 18.3 Å². The highest BCUT2D eigenvalue weighted by atomic mass is 32.1. The maximum Gasteiger partial charge on any atom is 0.495 e. The minimum atomic E-state index is -0.611. The Balaban J connectivity index is 1.53. The molecule has 0 aromatic carbocycles. The molecular weight excluding hydrogens is 267 g/mol. The fourth-order valence-electron chi connectivity index (χ4n) is 2.79. The molecule has 0 bridgehead atoms. The van der Waals surface area contributed by atoms with E-state index in [4.69, 9.17) is 23.5 Å². The smallest absolute Gasteiger partial charge is 0.404 e. The molecule has 0 N–H and O–H groups in total. The first kappa shape index (κ1) is 12.3. The summed E-state index contributed by atoms with van der Waals surface area (Å²) in [6.07, 6.45) is -0.772. The highest BCUT2D eigenvalue weighted by Gasteiger charge is 2.57. The van der Waals surface area contributed by atoms with Gasteiger partial charge in [0.15, 0.2) is 12.1 Å². The van der Waals surface area contributed by atoms with Gasteiger partial charge in [0.2, 0.25) is 0 Å². The van der Waals surface area contributed by atoms with Gasteiger partial charge in [-0.25, -0.2) is 0 Å². The van der Waals surface area contributed by atoms with Gasteiger partial charge in [0, 0.05) is 0 Å². The zero-order valence-electron chi connectivity index (χ0n) is 10.8. The predicted octanol–water partition coefficient (Wildman–Crippen LogP) is 0.735. The Morgan fingerprint density at radius 1 is 1.32 bits per heavy atom. The number of fused-ring (bicyclic) bond motifs is 3. The molecule has 0 aliphatic carbocycles. The summed E-state index contributed by atoms with van der Waals surface area (Å²) in [5.74, 6) is -0.611. The maximum atomic E-state index is 6.02. The monoisotopic (exact) mass is 282 g/mol. The quantitative estimate of drug-likeness (QED) is 0.711. The van der Waals surface area contributed by atoms with E-state index in [0.29, 0.717) is 6.61 Å². The van der Waals surface area contributed by atoms with E-state index in [0.717, 1.165) is 5.46 Å². The summed E-state index contributed by atoms with van der Waals surface area (Å²) in [7, 11) is -0.331. The van der Waals surface area contributed by atoms with Crippen LogP contribution in [0.5, 0.6) is 0 Å². The summed E-state index contributed by atoms with van der Waals surface area (Å²) in [6.45, 7) is 4.28. The number of thiophene rings is 1. The molecule has 19 heavy (non-hydrogen) atoms. The number of hydrogen-bond acceptors (Lipinski definition) is 6. The Hall–Kier alpha value is -0.435. The average Bonchev–Trinajstić information content (AvgIpc) is 3.02. The normalized spacial score (nSPS) is 40.2. The SMILES string of the molecule is CC1(C)O[C@H]2O[C@@H]3COB(c4ccsc4)O[C@@H]3[C@H]2O1. The molecule has 3 saturated heterocycles. The van der Waals surface area contributed by atoms with Crippen LogP contribution in [0, 0.1) is 0 Å². The van der Waals surface area contributed by atoms with E-state index in [2.05, 4.69) is 0 Å². The number of rotatable bonds is 1. The lowest BCUT2D eigenvalue weighted by atomic mass is 9.79. The fourth-order valence-corrected chi connectivity index (χ4v) is 3.45. The van der Waals surface area contributed by atoms with E-state index in [9.17, 15) is 0 Å². The van der Waals surface area contributed by atoms with Crippen LogP contribution in [-0.4, -0.2) is 44.1 Å². The van der Waals surface area contributed by atoms with Crippen LogP contribution in [0.4, 0.5) is 0 Å². The predicted molar refractivity (Wildman–Crippen MR) is 69.2 cm³/mol. The standard InChI is InChI=1S/C12H15BO5S/c1-12(2)16-10-9-8(15-11(10)17-12)5-14-13(18-9)7-3-4-19-6-7/h3-4,6,8-11H,5H2,1-2H3/t8-,9+,10-,11-/m1/s1. The van der Waals surface area contributed by atoms with Crippen LogP contribution in [-0.2, 0) is 23.5 Å². The summed E-state index contributed by atoms with van der Waals surface area (Å²) in [5.41, 5.74) is 1.05. The molecule has 7 heteroatoms. The number of hydrogen-bond donors (Lipinski definition) is 0. The van der Waals surface area contributed by atoms with Crippen molar-refractivity contribution < 1.29 is 23.5 Å². The first-order chi connectivity index (χ1) is 9.12. The second-order valence-corrected chi connectivity index (χ2v) is 6.25. The molecular formula is C12H15BO5S. The van der Waals surface area contributed by atoms with Crippen molar-refractivity contribution in [2.45, 2.75) is 44.2 Å². The van der Waals surface area contributed by atoms with Gasteiger partial charge >= 0.3 is 7.12 Å². The van der Waals surface area contributed by atoms with Crippen LogP contribution in [0.15, 0.2) is 16.8 Å². The molecule has 5 nitrogen and oxygen atoms in total. The Morgan fingerprint density at radius 2 is 2.21 bits per heavy atom. The molecule has 3 aliphatic rings. The average molecular weight is 282 g/mol. The lowest BCUT2D eigenvalue weighted by molar-refractivity contribution is -0.221. The molecule has 0 spiro atoms. The lowest BCUT2D eigenvalue weighted by Crippen LogP contribution is -2.53. The summed E-state index contributed by atoms with van der Waals surface area (Å²) in [6, 6.07) is 2.01. The van der Waals surface area contributed by atoms with Crippen LogP contribution in [0.1, 0.15) is 13.8 Å². The van der Waals surface area contributed by atoms with Crippen LogP contribution in [0.3, 0.4) is 0 Å². The van der Waals surface area contributed by atoms with Crippen LogP contribution < -0.4 is 5.46 Å². The summed E-state index contributed by atoms with van der Waals surface area (Å²) in [4.78, 5) is 0. The molecule has 4 atom stereocenters. The Bertz CT molecular complexity index is 465. The van der Waals surface area contributed by atoms with Gasteiger partial charge in [0.25, 0.3) is 0 Å². The van der Waals surface area contributed by atoms with E-state index < -0.39 is 5.79 Å². The van der Waals surface area contributed by atoms with Crippen molar-refractivity contribution in [3.8, 4) is 0 Å². The zero-order valence-corrected chi connectivity index (χ0v) is 11.6. The second-order valence-electron chi connectivity index (χ2n) is 5.47.